The highest BCUT2D eigenvalue weighted by Gasteiger charge is 2.49. The van der Waals surface area contributed by atoms with Crippen LogP contribution in [-0.4, -0.2) is 43.6 Å². The van der Waals surface area contributed by atoms with E-state index in [1.807, 2.05) is 11.4 Å². The maximum atomic E-state index is 14.1. The van der Waals surface area contributed by atoms with E-state index in [2.05, 4.69) is 5.32 Å². The summed E-state index contributed by atoms with van der Waals surface area (Å²) >= 11 is 0. The Morgan fingerprint density at radius 3 is 2.26 bits per heavy atom. The Kier molecular flexibility index (Phi) is 6.30. The van der Waals surface area contributed by atoms with E-state index in [0.29, 0.717) is 25.0 Å². The number of carbonyl (C=O) groups is 1. The molecule has 2 saturated carbocycles. The molecule has 0 aromatic heterocycles. The molecule has 2 N–H and O–H groups in total. The molecule has 170 valence electrons. The highest BCUT2D eigenvalue weighted by molar-refractivity contribution is 7.91. The summed E-state index contributed by atoms with van der Waals surface area (Å²) in [6, 6.07) is -0.973. The van der Waals surface area contributed by atoms with Gasteiger partial charge in [-0.3, -0.25) is 10.1 Å². The van der Waals surface area contributed by atoms with E-state index in [-0.39, 0.29) is 24.5 Å². The molecule has 6 nitrogen and oxygen atoms in total. The van der Waals surface area contributed by atoms with Crippen LogP contribution in [0.25, 0.3) is 0 Å². The highest BCUT2D eigenvalue weighted by atomic mass is 32.2. The van der Waals surface area contributed by atoms with Crippen molar-refractivity contribution in [1.82, 2.24) is 10.6 Å². The summed E-state index contributed by atoms with van der Waals surface area (Å²) in [7, 11) is -3.96. The van der Waals surface area contributed by atoms with Crippen molar-refractivity contribution in [2.24, 2.45) is 5.92 Å². The van der Waals surface area contributed by atoms with Crippen LogP contribution < -0.4 is 10.6 Å². The van der Waals surface area contributed by atoms with Gasteiger partial charge in [-0.15, -0.1) is 0 Å². The zero-order valence-corrected chi connectivity index (χ0v) is 17.0. The summed E-state index contributed by atoms with van der Waals surface area (Å²) in [5.41, 5.74) is -2.64. The summed E-state index contributed by atoms with van der Waals surface area (Å²) in [5, 5.41) is 13.2. The minimum Gasteiger partial charge on any atom is -0.336 e. The number of amides is 1. The first-order chi connectivity index (χ1) is 14.4. The molecule has 1 aromatic carbocycles. The van der Waals surface area contributed by atoms with Crippen LogP contribution in [0.2, 0.25) is 0 Å². The molecule has 0 heterocycles. The monoisotopic (exact) mass is 465 g/mol. The quantitative estimate of drug-likeness (QED) is 0.546. The molecule has 31 heavy (non-hydrogen) atoms. The summed E-state index contributed by atoms with van der Waals surface area (Å²) in [5.74, 6) is -5.56. The van der Waals surface area contributed by atoms with E-state index in [9.17, 15) is 35.2 Å². The third-order valence-corrected chi connectivity index (χ3v) is 7.05. The Bertz CT molecular complexity index is 978. The largest absolute Gasteiger partial charge is 0.408 e. The Morgan fingerprint density at radius 2 is 1.81 bits per heavy atom. The zero-order valence-electron chi connectivity index (χ0n) is 16.2. The van der Waals surface area contributed by atoms with E-state index in [1.54, 1.807) is 0 Å². The SMILES string of the molecule is N#CC1(NC(=O)[C@H](CS(=O)(=O)CC2CC2)N[C@H](c2c(F)cccc2F)C(F)(F)F)CC1. The average molecular weight is 465 g/mol. The second-order valence-corrected chi connectivity index (χ2v) is 10.2. The summed E-state index contributed by atoms with van der Waals surface area (Å²) in [6.45, 7) is 0. The molecular weight excluding hydrogens is 445 g/mol. The normalized spacial score (nSPS) is 19.9. The molecule has 3 rings (SSSR count). The number of nitrogens with one attached hydrogen (secondary N) is 2. The van der Waals surface area contributed by atoms with Crippen molar-refractivity contribution < 1.29 is 35.2 Å². The van der Waals surface area contributed by atoms with E-state index in [1.165, 1.54) is 0 Å². The Morgan fingerprint density at radius 1 is 1.23 bits per heavy atom. The minimum atomic E-state index is -5.24. The van der Waals surface area contributed by atoms with Gasteiger partial charge in [0.25, 0.3) is 0 Å². The van der Waals surface area contributed by atoms with Gasteiger partial charge >= 0.3 is 6.18 Å². The molecule has 1 amide bonds. The number of alkyl halides is 3. The second kappa shape index (κ2) is 8.35. The molecular formula is C19H20F5N3O3S. The molecule has 2 aliphatic carbocycles. The highest BCUT2D eigenvalue weighted by Crippen LogP contribution is 2.37. The number of nitriles is 1. The smallest absolute Gasteiger partial charge is 0.336 e. The fraction of sp³-hybridized carbons (Fsp3) is 0.579. The van der Waals surface area contributed by atoms with E-state index >= 15 is 0 Å². The third kappa shape index (κ3) is 5.92. The van der Waals surface area contributed by atoms with Gasteiger partial charge in [0, 0.05) is 5.56 Å². The maximum Gasteiger partial charge on any atom is 0.408 e. The molecule has 2 aliphatic rings. The summed E-state index contributed by atoms with van der Waals surface area (Å²) in [6.07, 6.45) is -3.39. The van der Waals surface area contributed by atoms with E-state index < -0.39 is 62.5 Å². The number of sulfone groups is 1. The van der Waals surface area contributed by atoms with Crippen LogP contribution in [-0.2, 0) is 14.6 Å². The van der Waals surface area contributed by atoms with Gasteiger partial charge in [0.15, 0.2) is 9.84 Å². The number of nitrogens with zero attached hydrogens (tertiary/aromatic N) is 1. The van der Waals surface area contributed by atoms with Gasteiger partial charge in [-0.25, -0.2) is 17.2 Å². The number of benzene rings is 1. The molecule has 0 saturated heterocycles. The molecule has 12 heteroatoms. The Balaban J connectivity index is 1.92. The molecule has 0 unspecified atom stereocenters. The minimum absolute atomic E-state index is 0.120. The third-order valence-electron chi connectivity index (χ3n) is 5.23. The van der Waals surface area contributed by atoms with Crippen molar-refractivity contribution in [1.29, 1.82) is 5.26 Å². The van der Waals surface area contributed by atoms with Crippen LogP contribution in [0.1, 0.15) is 37.3 Å². The lowest BCUT2D eigenvalue weighted by molar-refractivity contribution is -0.161. The van der Waals surface area contributed by atoms with Crippen molar-refractivity contribution in [3.63, 3.8) is 0 Å². The van der Waals surface area contributed by atoms with Gasteiger partial charge in [-0.1, -0.05) is 6.07 Å². The molecule has 0 radical (unpaired) electrons. The van der Waals surface area contributed by atoms with Crippen LogP contribution in [0.3, 0.4) is 0 Å². The van der Waals surface area contributed by atoms with Crippen LogP contribution >= 0.6 is 0 Å². The molecule has 2 atom stereocenters. The number of carbonyl (C=O) groups excluding carboxylic acids is 1. The van der Waals surface area contributed by atoms with E-state index in [4.69, 9.17) is 5.26 Å². The lowest BCUT2D eigenvalue weighted by Gasteiger charge is -2.28. The molecule has 2 fully saturated rings. The van der Waals surface area contributed by atoms with Crippen LogP contribution in [0, 0.1) is 28.9 Å². The van der Waals surface area contributed by atoms with Crippen molar-refractivity contribution in [3.8, 4) is 6.07 Å². The van der Waals surface area contributed by atoms with Gasteiger partial charge in [0.2, 0.25) is 5.91 Å². The van der Waals surface area contributed by atoms with Gasteiger partial charge in [0.1, 0.15) is 29.3 Å². The lowest BCUT2D eigenvalue weighted by Crippen LogP contribution is -2.54. The van der Waals surface area contributed by atoms with Crippen LogP contribution in [0.5, 0.6) is 0 Å². The van der Waals surface area contributed by atoms with Gasteiger partial charge < -0.3 is 5.32 Å². The first-order valence-corrected chi connectivity index (χ1v) is 11.4. The average Bonchev–Trinajstić information content (AvgIpc) is 3.56. The molecule has 0 aliphatic heterocycles. The van der Waals surface area contributed by atoms with Crippen molar-refractivity contribution in [2.75, 3.05) is 11.5 Å². The zero-order chi connectivity index (χ0) is 23.0. The fourth-order valence-electron chi connectivity index (χ4n) is 3.21. The molecule has 0 bridgehead atoms. The van der Waals surface area contributed by atoms with Gasteiger partial charge in [0.05, 0.1) is 17.6 Å². The number of rotatable bonds is 9. The van der Waals surface area contributed by atoms with Crippen molar-refractivity contribution in [2.45, 2.75) is 49.5 Å². The maximum absolute atomic E-state index is 14.1. The fourth-order valence-corrected chi connectivity index (χ4v) is 5.15. The first-order valence-electron chi connectivity index (χ1n) is 9.56. The predicted octanol–water partition coefficient (Wildman–Crippen LogP) is 2.52. The Hall–Kier alpha value is -2.26. The molecule has 1 aromatic rings. The topological polar surface area (TPSA) is 99.1 Å². The second-order valence-electron chi connectivity index (χ2n) is 8.03. The van der Waals surface area contributed by atoms with Crippen LogP contribution in [0.15, 0.2) is 18.2 Å². The number of halogens is 5. The Labute approximate surface area is 175 Å². The summed E-state index contributed by atoms with van der Waals surface area (Å²) in [4.78, 5) is 12.7. The predicted molar refractivity (Wildman–Crippen MR) is 99.2 cm³/mol. The van der Waals surface area contributed by atoms with Crippen molar-refractivity contribution >= 4 is 15.7 Å². The van der Waals surface area contributed by atoms with E-state index in [0.717, 1.165) is 6.07 Å². The van der Waals surface area contributed by atoms with Gasteiger partial charge in [-0.2, -0.15) is 18.4 Å². The first kappa shape index (κ1) is 23.4. The lowest BCUT2D eigenvalue weighted by atomic mass is 10.0. The van der Waals surface area contributed by atoms with Crippen LogP contribution in [0.4, 0.5) is 22.0 Å². The van der Waals surface area contributed by atoms with Gasteiger partial charge in [-0.05, 0) is 43.7 Å². The number of hydrogen-bond acceptors (Lipinski definition) is 5. The standard InChI is InChI=1S/C19H20F5N3O3S/c20-12-2-1-3-13(21)15(12)16(19(22,23)24)26-14(9-31(29,30)8-11-4-5-11)17(28)27-18(10-25)6-7-18/h1-3,11,14,16,26H,4-9H2,(H,27,28)/t14-,16+/m0/s1. The number of hydrogen-bond donors (Lipinski definition) is 2. The molecule has 0 spiro atoms. The summed E-state index contributed by atoms with van der Waals surface area (Å²) < 4.78 is 94.2. The van der Waals surface area contributed by atoms with Crippen molar-refractivity contribution in [3.05, 3.63) is 35.4 Å².